The SMILES string of the molecule is CC1CCC(C(=O)O)CN1C(=O)CCCC(C)(C)C. The van der Waals surface area contributed by atoms with Gasteiger partial charge in [-0.05, 0) is 38.0 Å². The van der Waals surface area contributed by atoms with Gasteiger partial charge in [0.1, 0.15) is 0 Å². The first-order chi connectivity index (χ1) is 8.70. The molecule has 2 unspecified atom stereocenters. The molecule has 1 N–H and O–H groups in total. The first kappa shape index (κ1) is 16.0. The van der Waals surface area contributed by atoms with E-state index in [0.29, 0.717) is 19.4 Å². The maximum atomic E-state index is 12.2. The van der Waals surface area contributed by atoms with Gasteiger partial charge in [0.25, 0.3) is 0 Å². The van der Waals surface area contributed by atoms with Crippen LogP contribution in [0.25, 0.3) is 0 Å². The molecule has 1 rings (SSSR count). The Morgan fingerprint density at radius 1 is 1.26 bits per heavy atom. The van der Waals surface area contributed by atoms with Crippen molar-refractivity contribution in [2.24, 2.45) is 11.3 Å². The highest BCUT2D eigenvalue weighted by Gasteiger charge is 2.32. The number of hydrogen-bond donors (Lipinski definition) is 1. The van der Waals surface area contributed by atoms with Crippen LogP contribution in [0.1, 0.15) is 59.8 Å². The maximum absolute atomic E-state index is 12.2. The van der Waals surface area contributed by atoms with Crippen LogP contribution in [0.4, 0.5) is 0 Å². The second-order valence-electron chi connectivity index (χ2n) is 6.92. The molecule has 1 saturated heterocycles. The summed E-state index contributed by atoms with van der Waals surface area (Å²) < 4.78 is 0. The second-order valence-corrected chi connectivity index (χ2v) is 6.92. The lowest BCUT2D eigenvalue weighted by molar-refractivity contribution is -0.147. The van der Waals surface area contributed by atoms with Gasteiger partial charge in [-0.15, -0.1) is 0 Å². The van der Waals surface area contributed by atoms with Gasteiger partial charge in [0.2, 0.25) is 5.91 Å². The van der Waals surface area contributed by atoms with Crippen molar-refractivity contribution in [1.29, 1.82) is 0 Å². The van der Waals surface area contributed by atoms with E-state index < -0.39 is 5.97 Å². The summed E-state index contributed by atoms with van der Waals surface area (Å²) in [5.41, 5.74) is 0.247. The van der Waals surface area contributed by atoms with Crippen LogP contribution in [-0.4, -0.2) is 34.5 Å². The van der Waals surface area contributed by atoms with E-state index in [1.165, 1.54) is 0 Å². The molecule has 1 aliphatic heterocycles. The van der Waals surface area contributed by atoms with Crippen LogP contribution in [0.5, 0.6) is 0 Å². The average molecular weight is 269 g/mol. The minimum absolute atomic E-state index is 0.114. The number of piperidine rings is 1. The third kappa shape index (κ3) is 5.21. The molecule has 0 spiro atoms. The van der Waals surface area contributed by atoms with Gasteiger partial charge in [0.05, 0.1) is 5.92 Å². The Labute approximate surface area is 116 Å². The fourth-order valence-electron chi connectivity index (χ4n) is 2.57. The molecule has 0 aromatic heterocycles. The summed E-state index contributed by atoms with van der Waals surface area (Å²) in [6, 6.07) is 0.178. The third-order valence-corrected chi connectivity index (χ3v) is 3.87. The Morgan fingerprint density at radius 3 is 2.42 bits per heavy atom. The third-order valence-electron chi connectivity index (χ3n) is 3.87. The van der Waals surface area contributed by atoms with Crippen LogP contribution in [0.2, 0.25) is 0 Å². The largest absolute Gasteiger partial charge is 0.481 e. The van der Waals surface area contributed by atoms with Crippen LogP contribution in [0.3, 0.4) is 0 Å². The van der Waals surface area contributed by atoms with Crippen molar-refractivity contribution in [2.45, 2.75) is 65.8 Å². The summed E-state index contributed by atoms with van der Waals surface area (Å²) in [6.07, 6.45) is 3.91. The van der Waals surface area contributed by atoms with Crippen molar-refractivity contribution in [2.75, 3.05) is 6.54 Å². The molecule has 4 nitrogen and oxygen atoms in total. The number of likely N-dealkylation sites (tertiary alicyclic amines) is 1. The number of hydrogen-bond acceptors (Lipinski definition) is 2. The van der Waals surface area contributed by atoms with Gasteiger partial charge in [0, 0.05) is 19.0 Å². The summed E-state index contributed by atoms with van der Waals surface area (Å²) >= 11 is 0. The summed E-state index contributed by atoms with van der Waals surface area (Å²) in [7, 11) is 0. The van der Waals surface area contributed by atoms with Gasteiger partial charge in [-0.25, -0.2) is 0 Å². The Kier molecular flexibility index (Phi) is 5.39. The van der Waals surface area contributed by atoms with Crippen molar-refractivity contribution in [3.05, 3.63) is 0 Å². The standard InChI is InChI=1S/C15H27NO3/c1-11-7-8-12(14(18)19)10-16(11)13(17)6-5-9-15(2,3)4/h11-12H,5-10H2,1-4H3,(H,18,19). The number of amides is 1. The van der Waals surface area contributed by atoms with Crippen LogP contribution in [-0.2, 0) is 9.59 Å². The quantitative estimate of drug-likeness (QED) is 0.853. The van der Waals surface area contributed by atoms with Gasteiger partial charge in [-0.3, -0.25) is 9.59 Å². The molecular weight excluding hydrogens is 242 g/mol. The summed E-state index contributed by atoms with van der Waals surface area (Å²) in [6.45, 7) is 8.90. The molecule has 1 amide bonds. The van der Waals surface area contributed by atoms with E-state index in [2.05, 4.69) is 20.8 Å². The number of carbonyl (C=O) groups is 2. The zero-order valence-corrected chi connectivity index (χ0v) is 12.6. The highest BCUT2D eigenvalue weighted by molar-refractivity contribution is 5.78. The zero-order chi connectivity index (χ0) is 14.6. The predicted octanol–water partition coefficient (Wildman–Crippen LogP) is 2.91. The van der Waals surface area contributed by atoms with E-state index in [-0.39, 0.29) is 23.3 Å². The van der Waals surface area contributed by atoms with E-state index in [9.17, 15) is 9.59 Å². The van der Waals surface area contributed by atoms with Gasteiger partial charge in [0.15, 0.2) is 0 Å². The molecule has 0 aliphatic carbocycles. The highest BCUT2D eigenvalue weighted by Crippen LogP contribution is 2.25. The Hall–Kier alpha value is -1.06. The number of aliphatic carboxylic acids is 1. The molecule has 0 aromatic rings. The average Bonchev–Trinajstić information content (AvgIpc) is 2.27. The number of carbonyl (C=O) groups excluding carboxylic acids is 1. The van der Waals surface area contributed by atoms with Crippen LogP contribution >= 0.6 is 0 Å². The molecule has 0 bridgehead atoms. The summed E-state index contributed by atoms with van der Waals surface area (Å²) in [4.78, 5) is 25.0. The lowest BCUT2D eigenvalue weighted by Crippen LogP contribution is -2.47. The molecule has 2 atom stereocenters. The van der Waals surface area contributed by atoms with Crippen molar-refractivity contribution in [3.63, 3.8) is 0 Å². The van der Waals surface area contributed by atoms with E-state index in [4.69, 9.17) is 5.11 Å². The van der Waals surface area contributed by atoms with Crippen molar-refractivity contribution < 1.29 is 14.7 Å². The van der Waals surface area contributed by atoms with Crippen LogP contribution in [0.15, 0.2) is 0 Å². The van der Waals surface area contributed by atoms with Gasteiger partial charge < -0.3 is 10.0 Å². The van der Waals surface area contributed by atoms with E-state index in [0.717, 1.165) is 19.3 Å². The minimum atomic E-state index is -0.778. The molecule has 110 valence electrons. The number of carboxylic acids is 1. The van der Waals surface area contributed by atoms with E-state index in [1.54, 1.807) is 4.90 Å². The minimum Gasteiger partial charge on any atom is -0.481 e. The van der Waals surface area contributed by atoms with Gasteiger partial charge in [-0.2, -0.15) is 0 Å². The summed E-state index contributed by atoms with van der Waals surface area (Å²) in [5, 5.41) is 9.07. The molecule has 0 saturated carbocycles. The predicted molar refractivity (Wildman–Crippen MR) is 74.8 cm³/mol. The zero-order valence-electron chi connectivity index (χ0n) is 12.6. The van der Waals surface area contributed by atoms with E-state index >= 15 is 0 Å². The van der Waals surface area contributed by atoms with Crippen molar-refractivity contribution in [1.82, 2.24) is 4.90 Å². The molecule has 0 radical (unpaired) electrons. The number of carboxylic acid groups (broad SMARTS) is 1. The molecular formula is C15H27NO3. The number of nitrogens with zero attached hydrogens (tertiary/aromatic N) is 1. The van der Waals surface area contributed by atoms with Crippen LogP contribution < -0.4 is 0 Å². The fourth-order valence-corrected chi connectivity index (χ4v) is 2.57. The lowest BCUT2D eigenvalue weighted by atomic mass is 9.89. The molecule has 1 fully saturated rings. The maximum Gasteiger partial charge on any atom is 0.308 e. The topological polar surface area (TPSA) is 57.6 Å². The number of rotatable bonds is 4. The summed E-state index contributed by atoms with van der Waals surface area (Å²) in [5.74, 6) is -1.05. The van der Waals surface area contributed by atoms with Crippen LogP contribution in [0, 0.1) is 11.3 Å². The molecule has 0 aromatic carbocycles. The monoisotopic (exact) mass is 269 g/mol. The molecule has 1 heterocycles. The smallest absolute Gasteiger partial charge is 0.308 e. The fraction of sp³-hybridized carbons (Fsp3) is 0.867. The Balaban J connectivity index is 2.47. The van der Waals surface area contributed by atoms with E-state index in [1.807, 2.05) is 6.92 Å². The molecule has 19 heavy (non-hydrogen) atoms. The normalized spacial score (nSPS) is 24.3. The first-order valence-corrected chi connectivity index (χ1v) is 7.23. The van der Waals surface area contributed by atoms with Gasteiger partial charge >= 0.3 is 5.97 Å². The van der Waals surface area contributed by atoms with Crippen molar-refractivity contribution in [3.8, 4) is 0 Å². The highest BCUT2D eigenvalue weighted by atomic mass is 16.4. The Bertz CT molecular complexity index is 333. The van der Waals surface area contributed by atoms with Gasteiger partial charge in [-0.1, -0.05) is 20.8 Å². The molecule has 1 aliphatic rings. The molecule has 4 heteroatoms. The second kappa shape index (κ2) is 6.40. The Morgan fingerprint density at radius 2 is 1.89 bits per heavy atom. The van der Waals surface area contributed by atoms with Crippen molar-refractivity contribution >= 4 is 11.9 Å². The first-order valence-electron chi connectivity index (χ1n) is 7.23. The lowest BCUT2D eigenvalue weighted by Gasteiger charge is -2.36.